The normalized spacial score (nSPS) is 15.2. The standard InChI is InChI=1S/C9H22O3Si/c1-7(2)6-8(3)9(10-4,11-5)12-13/h7-8H,6H2,1-5,13H3. The molecule has 0 aliphatic heterocycles. The van der Waals surface area contributed by atoms with Crippen molar-refractivity contribution in [3.05, 3.63) is 0 Å². The zero-order valence-corrected chi connectivity index (χ0v) is 11.6. The number of ether oxygens (including phenoxy) is 2. The monoisotopic (exact) mass is 206 g/mol. The molecule has 80 valence electrons. The molecule has 0 bridgehead atoms. The van der Waals surface area contributed by atoms with Crippen LogP contribution < -0.4 is 0 Å². The highest BCUT2D eigenvalue weighted by Gasteiger charge is 2.36. The van der Waals surface area contributed by atoms with Gasteiger partial charge in [0.1, 0.15) is 0 Å². The fraction of sp³-hybridized carbons (Fsp3) is 1.00. The summed E-state index contributed by atoms with van der Waals surface area (Å²) in [7, 11) is 3.86. The Morgan fingerprint density at radius 3 is 1.85 bits per heavy atom. The SMILES string of the molecule is COC(OC)(O[SiH3])C(C)CC(C)C. The first kappa shape index (κ1) is 13.1. The van der Waals surface area contributed by atoms with E-state index in [2.05, 4.69) is 20.8 Å². The van der Waals surface area contributed by atoms with Gasteiger partial charge in [0.05, 0.1) is 0 Å². The zero-order chi connectivity index (χ0) is 10.5. The Balaban J connectivity index is 4.34. The Labute approximate surface area is 84.3 Å². The smallest absolute Gasteiger partial charge is 0.274 e. The van der Waals surface area contributed by atoms with Gasteiger partial charge in [-0.25, -0.2) is 0 Å². The predicted molar refractivity (Wildman–Crippen MR) is 56.4 cm³/mol. The third-order valence-corrected chi connectivity index (χ3v) is 2.85. The summed E-state index contributed by atoms with van der Waals surface area (Å²) in [4.78, 5) is 0. The van der Waals surface area contributed by atoms with Gasteiger partial charge in [0.2, 0.25) is 0 Å². The Morgan fingerprint density at radius 1 is 1.15 bits per heavy atom. The van der Waals surface area contributed by atoms with Crippen LogP contribution in [-0.2, 0) is 13.9 Å². The van der Waals surface area contributed by atoms with E-state index < -0.39 is 5.97 Å². The van der Waals surface area contributed by atoms with Crippen molar-refractivity contribution in [2.45, 2.75) is 33.2 Å². The zero-order valence-electron chi connectivity index (χ0n) is 9.59. The molecule has 3 nitrogen and oxygen atoms in total. The van der Waals surface area contributed by atoms with Gasteiger partial charge in [-0.3, -0.25) is 0 Å². The van der Waals surface area contributed by atoms with Gasteiger partial charge in [0.25, 0.3) is 5.97 Å². The molecule has 0 amide bonds. The maximum Gasteiger partial charge on any atom is 0.274 e. The highest BCUT2D eigenvalue weighted by molar-refractivity contribution is 5.98. The van der Waals surface area contributed by atoms with Crippen molar-refractivity contribution < 1.29 is 13.9 Å². The Morgan fingerprint density at radius 2 is 1.62 bits per heavy atom. The predicted octanol–water partition coefficient (Wildman–Crippen LogP) is 0.912. The first-order chi connectivity index (χ1) is 6.02. The Kier molecular flexibility index (Phi) is 5.79. The van der Waals surface area contributed by atoms with Crippen LogP contribution in [0.4, 0.5) is 0 Å². The van der Waals surface area contributed by atoms with Crippen LogP contribution in [0.2, 0.25) is 0 Å². The minimum absolute atomic E-state index is 0.250. The van der Waals surface area contributed by atoms with E-state index in [1.54, 1.807) is 14.2 Å². The van der Waals surface area contributed by atoms with E-state index in [1.807, 2.05) is 0 Å². The summed E-state index contributed by atoms with van der Waals surface area (Å²) in [5.41, 5.74) is 0. The van der Waals surface area contributed by atoms with Crippen LogP contribution in [-0.4, -0.2) is 30.7 Å². The topological polar surface area (TPSA) is 27.7 Å². The molecule has 1 atom stereocenters. The minimum Gasteiger partial charge on any atom is -0.380 e. The maximum atomic E-state index is 5.39. The Hall–Kier alpha value is 0.0969. The van der Waals surface area contributed by atoms with Crippen molar-refractivity contribution in [2.75, 3.05) is 14.2 Å². The number of methoxy groups -OCH3 is 2. The summed E-state index contributed by atoms with van der Waals surface area (Å²) in [5, 5.41) is 0. The lowest BCUT2D eigenvalue weighted by atomic mass is 9.97. The summed E-state index contributed by atoms with van der Waals surface area (Å²) in [5.74, 6) is 0.0488. The summed E-state index contributed by atoms with van der Waals surface area (Å²) in [6.07, 6.45) is 1.03. The van der Waals surface area contributed by atoms with E-state index in [9.17, 15) is 0 Å². The summed E-state index contributed by atoms with van der Waals surface area (Å²) in [6.45, 7) is 6.45. The first-order valence-corrected chi connectivity index (χ1v) is 5.49. The average molecular weight is 206 g/mol. The van der Waals surface area contributed by atoms with Crippen LogP contribution >= 0.6 is 0 Å². The van der Waals surface area contributed by atoms with Gasteiger partial charge in [-0.2, -0.15) is 0 Å². The molecule has 0 aromatic heterocycles. The number of hydrogen-bond acceptors (Lipinski definition) is 3. The molecule has 13 heavy (non-hydrogen) atoms. The lowest BCUT2D eigenvalue weighted by molar-refractivity contribution is -0.349. The van der Waals surface area contributed by atoms with E-state index >= 15 is 0 Å². The third kappa shape index (κ3) is 3.38. The van der Waals surface area contributed by atoms with E-state index in [0.29, 0.717) is 16.4 Å². The summed E-state index contributed by atoms with van der Waals surface area (Å²) < 4.78 is 16.0. The molecule has 0 radical (unpaired) electrons. The van der Waals surface area contributed by atoms with Crippen molar-refractivity contribution in [3.63, 3.8) is 0 Å². The molecule has 0 fully saturated rings. The van der Waals surface area contributed by atoms with Crippen molar-refractivity contribution in [1.82, 2.24) is 0 Å². The molecule has 0 aromatic rings. The van der Waals surface area contributed by atoms with Gasteiger partial charge in [0.15, 0.2) is 10.5 Å². The highest BCUT2D eigenvalue weighted by atomic mass is 28.2. The van der Waals surface area contributed by atoms with Crippen LogP contribution in [0.15, 0.2) is 0 Å². The summed E-state index contributed by atoms with van der Waals surface area (Å²) >= 11 is 0. The summed E-state index contributed by atoms with van der Waals surface area (Å²) in [6, 6.07) is 0. The molecular weight excluding hydrogens is 184 g/mol. The maximum absolute atomic E-state index is 5.39. The van der Waals surface area contributed by atoms with Crippen molar-refractivity contribution in [3.8, 4) is 0 Å². The van der Waals surface area contributed by atoms with E-state index in [-0.39, 0.29) is 5.92 Å². The molecule has 4 heteroatoms. The molecule has 0 saturated carbocycles. The fourth-order valence-electron chi connectivity index (χ4n) is 1.70. The lowest BCUT2D eigenvalue weighted by Crippen LogP contribution is -2.43. The van der Waals surface area contributed by atoms with Crippen molar-refractivity contribution >= 4 is 10.5 Å². The van der Waals surface area contributed by atoms with Gasteiger partial charge in [-0.1, -0.05) is 20.8 Å². The number of rotatable bonds is 6. The van der Waals surface area contributed by atoms with Gasteiger partial charge >= 0.3 is 0 Å². The molecule has 0 aliphatic rings. The minimum atomic E-state index is -0.823. The quantitative estimate of drug-likeness (QED) is 0.478. The Bertz CT molecular complexity index is 127. The van der Waals surface area contributed by atoms with Crippen LogP contribution in [0.1, 0.15) is 27.2 Å². The van der Waals surface area contributed by atoms with Gasteiger partial charge < -0.3 is 13.9 Å². The lowest BCUT2D eigenvalue weighted by Gasteiger charge is -2.35. The van der Waals surface area contributed by atoms with Crippen LogP contribution in [0.3, 0.4) is 0 Å². The highest BCUT2D eigenvalue weighted by Crippen LogP contribution is 2.28. The molecule has 0 heterocycles. The average Bonchev–Trinajstić information content (AvgIpc) is 2.07. The molecule has 0 spiro atoms. The second kappa shape index (κ2) is 5.75. The molecule has 1 unspecified atom stereocenters. The first-order valence-electron chi connectivity index (χ1n) is 4.67. The molecule has 0 N–H and O–H groups in total. The third-order valence-electron chi connectivity index (χ3n) is 2.28. The van der Waals surface area contributed by atoms with Crippen molar-refractivity contribution in [2.24, 2.45) is 11.8 Å². The van der Waals surface area contributed by atoms with Gasteiger partial charge in [-0.05, 0) is 12.3 Å². The number of hydrogen-bond donors (Lipinski definition) is 0. The van der Waals surface area contributed by atoms with Gasteiger partial charge in [0, 0.05) is 20.1 Å². The van der Waals surface area contributed by atoms with E-state index in [0.717, 1.165) is 6.42 Å². The largest absolute Gasteiger partial charge is 0.380 e. The van der Waals surface area contributed by atoms with Crippen LogP contribution in [0, 0.1) is 11.8 Å². The molecule has 0 aromatic carbocycles. The fourth-order valence-corrected chi connectivity index (χ4v) is 2.44. The molecule has 0 aliphatic carbocycles. The van der Waals surface area contributed by atoms with Crippen LogP contribution in [0.5, 0.6) is 0 Å². The molecule has 0 rings (SSSR count). The van der Waals surface area contributed by atoms with Crippen molar-refractivity contribution in [1.29, 1.82) is 0 Å². The molecular formula is C9H22O3Si. The van der Waals surface area contributed by atoms with E-state index in [1.165, 1.54) is 0 Å². The second-order valence-electron chi connectivity index (χ2n) is 3.75. The molecule has 0 saturated heterocycles. The van der Waals surface area contributed by atoms with Crippen LogP contribution in [0.25, 0.3) is 0 Å². The van der Waals surface area contributed by atoms with E-state index in [4.69, 9.17) is 13.9 Å². The van der Waals surface area contributed by atoms with Gasteiger partial charge in [-0.15, -0.1) is 0 Å². The second-order valence-corrected chi connectivity index (χ2v) is 4.15.